The van der Waals surface area contributed by atoms with Gasteiger partial charge in [-0.2, -0.15) is 0 Å². The lowest BCUT2D eigenvalue weighted by atomic mass is 10.0. The van der Waals surface area contributed by atoms with Gasteiger partial charge in [0.25, 0.3) is 0 Å². The number of fused-ring (bicyclic) bond motifs is 1. The second kappa shape index (κ2) is 11.4. The van der Waals surface area contributed by atoms with Crippen LogP contribution in [0.5, 0.6) is 5.75 Å². The fourth-order valence-corrected chi connectivity index (χ4v) is 4.83. The molecule has 5 aromatic rings. The maximum atomic E-state index is 12.4. The van der Waals surface area contributed by atoms with Gasteiger partial charge >= 0.3 is 5.97 Å². The van der Waals surface area contributed by atoms with E-state index in [1.165, 1.54) is 0 Å². The number of hydrogen-bond donors (Lipinski definition) is 1. The van der Waals surface area contributed by atoms with Crippen LogP contribution in [0.15, 0.2) is 97.2 Å². The van der Waals surface area contributed by atoms with Gasteiger partial charge in [-0.1, -0.05) is 60.1 Å². The van der Waals surface area contributed by atoms with Crippen molar-refractivity contribution in [2.75, 3.05) is 19.0 Å². The van der Waals surface area contributed by atoms with E-state index >= 15 is 0 Å². The Morgan fingerprint density at radius 1 is 0.921 bits per heavy atom. The van der Waals surface area contributed by atoms with Crippen molar-refractivity contribution in [2.24, 2.45) is 0 Å². The zero-order chi connectivity index (χ0) is 26.5. The average molecular weight is 525 g/mol. The number of carbonyl (C=O) groups excluding carboxylic acids is 1. The minimum Gasteiger partial charge on any atom is -0.497 e. The number of esters is 1. The Bertz CT molecular complexity index is 1590. The topological polar surface area (TPSA) is 52.5 Å². The van der Waals surface area contributed by atoms with Crippen LogP contribution in [0, 0.1) is 0 Å². The molecule has 0 saturated heterocycles. The lowest BCUT2D eigenvalue weighted by molar-refractivity contribution is -0.142. The number of nitrogens with zero attached hydrogens (tertiary/aromatic N) is 1. The molecule has 1 heterocycles. The third-order valence-corrected chi connectivity index (χ3v) is 6.77. The van der Waals surface area contributed by atoms with Gasteiger partial charge in [0.2, 0.25) is 0 Å². The minimum atomic E-state index is -0.227. The Labute approximate surface area is 227 Å². The molecule has 0 spiro atoms. The first-order valence-electron chi connectivity index (χ1n) is 12.6. The Kier molecular flexibility index (Phi) is 7.66. The number of para-hydroxylation sites is 1. The summed E-state index contributed by atoms with van der Waals surface area (Å²) in [5.74, 6) is 0.582. The Balaban J connectivity index is 1.51. The van der Waals surface area contributed by atoms with E-state index in [1.807, 2.05) is 61.5 Å². The number of ether oxygens (including phenoxy) is 2. The first-order chi connectivity index (χ1) is 18.5. The van der Waals surface area contributed by atoms with E-state index in [-0.39, 0.29) is 12.4 Å². The van der Waals surface area contributed by atoms with Crippen molar-refractivity contribution >= 4 is 39.8 Å². The predicted octanol–water partition coefficient (Wildman–Crippen LogP) is 7.87. The second-order valence-electron chi connectivity index (χ2n) is 9.03. The Morgan fingerprint density at radius 2 is 1.74 bits per heavy atom. The van der Waals surface area contributed by atoms with Crippen molar-refractivity contribution in [3.8, 4) is 16.9 Å². The fourth-order valence-electron chi connectivity index (χ4n) is 4.65. The highest BCUT2D eigenvalue weighted by Gasteiger charge is 2.15. The third-order valence-electron chi connectivity index (χ3n) is 6.44. The largest absolute Gasteiger partial charge is 0.497 e. The van der Waals surface area contributed by atoms with Crippen LogP contribution < -0.4 is 10.1 Å². The summed E-state index contributed by atoms with van der Waals surface area (Å²) in [6.45, 7) is 2.83. The number of methoxy groups -OCH3 is 1. The number of anilines is 2. The zero-order valence-corrected chi connectivity index (χ0v) is 22.2. The summed E-state index contributed by atoms with van der Waals surface area (Å²) in [6, 6.07) is 30.3. The highest BCUT2D eigenvalue weighted by Crippen LogP contribution is 2.31. The van der Waals surface area contributed by atoms with Gasteiger partial charge in [0.15, 0.2) is 0 Å². The van der Waals surface area contributed by atoms with E-state index < -0.39 is 0 Å². The number of nitrogens with one attached hydrogen (secondary N) is 1. The molecule has 0 amide bonds. The molecule has 5 rings (SSSR count). The summed E-state index contributed by atoms with van der Waals surface area (Å²) in [6.07, 6.45) is 2.29. The number of halogens is 1. The maximum absolute atomic E-state index is 12.4. The van der Waals surface area contributed by atoms with Crippen LogP contribution in [0.3, 0.4) is 0 Å². The van der Waals surface area contributed by atoms with Crippen molar-refractivity contribution in [1.29, 1.82) is 0 Å². The number of aromatic nitrogens is 1. The Morgan fingerprint density at radius 3 is 2.55 bits per heavy atom. The molecular formula is C32H29ClN2O3. The van der Waals surface area contributed by atoms with Crippen LogP contribution in [-0.2, 0) is 22.5 Å². The van der Waals surface area contributed by atoms with Crippen LogP contribution in [0.1, 0.15) is 18.1 Å². The standard InChI is InChI=1S/C32H29ClN2O3/c1-3-38-32(36)19-25-21-35(20-22-8-6-10-26(16-22)34-30-13-5-4-12-29(30)33)31-18-24(14-15-28(25)31)23-9-7-11-27(17-23)37-2/h4-18,21,34H,3,19-20H2,1-2H3. The Hall–Kier alpha value is -4.22. The SMILES string of the molecule is CCOC(=O)Cc1cn(Cc2cccc(Nc3ccccc3Cl)c2)c2cc(-c3cccc(OC)c3)ccc12. The molecule has 6 heteroatoms. The summed E-state index contributed by atoms with van der Waals surface area (Å²) in [4.78, 5) is 12.4. The van der Waals surface area contributed by atoms with E-state index in [9.17, 15) is 4.79 Å². The molecule has 38 heavy (non-hydrogen) atoms. The third kappa shape index (κ3) is 5.68. The van der Waals surface area contributed by atoms with Gasteiger partial charge in [-0.15, -0.1) is 0 Å². The van der Waals surface area contributed by atoms with Gasteiger partial charge in [0.1, 0.15) is 5.75 Å². The first-order valence-corrected chi connectivity index (χ1v) is 12.9. The molecule has 0 bridgehead atoms. The highest BCUT2D eigenvalue weighted by atomic mass is 35.5. The smallest absolute Gasteiger partial charge is 0.310 e. The molecule has 1 N–H and O–H groups in total. The average Bonchev–Trinajstić information content (AvgIpc) is 3.26. The summed E-state index contributed by atoms with van der Waals surface area (Å²) in [5.41, 5.74) is 7.07. The molecule has 0 unspecified atom stereocenters. The van der Waals surface area contributed by atoms with Gasteiger partial charge < -0.3 is 19.4 Å². The van der Waals surface area contributed by atoms with Crippen molar-refractivity contribution in [3.05, 3.63) is 113 Å². The second-order valence-corrected chi connectivity index (χ2v) is 9.44. The van der Waals surface area contributed by atoms with E-state index in [0.717, 1.165) is 50.3 Å². The number of carbonyl (C=O) groups is 1. The molecule has 0 aliphatic carbocycles. The lowest BCUT2D eigenvalue weighted by Crippen LogP contribution is -2.07. The summed E-state index contributed by atoms with van der Waals surface area (Å²) in [5, 5.41) is 5.11. The number of hydrogen-bond acceptors (Lipinski definition) is 4. The van der Waals surface area contributed by atoms with Gasteiger partial charge in [0, 0.05) is 29.3 Å². The molecule has 0 aliphatic heterocycles. The molecule has 5 nitrogen and oxygen atoms in total. The van der Waals surface area contributed by atoms with Gasteiger partial charge in [0.05, 0.1) is 30.8 Å². The van der Waals surface area contributed by atoms with E-state index in [4.69, 9.17) is 21.1 Å². The molecule has 4 aromatic carbocycles. The predicted molar refractivity (Wildman–Crippen MR) is 155 cm³/mol. The van der Waals surface area contributed by atoms with Crippen LogP contribution in [0.25, 0.3) is 22.0 Å². The van der Waals surface area contributed by atoms with Crippen LogP contribution in [-0.4, -0.2) is 24.3 Å². The van der Waals surface area contributed by atoms with Gasteiger partial charge in [-0.25, -0.2) is 0 Å². The summed E-state index contributed by atoms with van der Waals surface area (Å²) >= 11 is 6.35. The highest BCUT2D eigenvalue weighted by molar-refractivity contribution is 6.33. The fraction of sp³-hybridized carbons (Fsp3) is 0.156. The van der Waals surface area contributed by atoms with Crippen LogP contribution in [0.4, 0.5) is 11.4 Å². The molecule has 192 valence electrons. The quantitative estimate of drug-likeness (QED) is 0.199. The molecule has 0 aliphatic rings. The molecular weight excluding hydrogens is 496 g/mol. The molecule has 0 saturated carbocycles. The van der Waals surface area contributed by atoms with E-state index in [0.29, 0.717) is 18.2 Å². The monoisotopic (exact) mass is 524 g/mol. The number of benzene rings is 4. The minimum absolute atomic E-state index is 0.226. The van der Waals surface area contributed by atoms with E-state index in [2.05, 4.69) is 52.5 Å². The van der Waals surface area contributed by atoms with Crippen molar-refractivity contribution in [2.45, 2.75) is 19.9 Å². The van der Waals surface area contributed by atoms with Crippen LogP contribution >= 0.6 is 11.6 Å². The van der Waals surface area contributed by atoms with Crippen LogP contribution in [0.2, 0.25) is 5.02 Å². The number of rotatable bonds is 9. The zero-order valence-electron chi connectivity index (χ0n) is 21.4. The summed E-state index contributed by atoms with van der Waals surface area (Å²) < 4.78 is 12.9. The maximum Gasteiger partial charge on any atom is 0.310 e. The van der Waals surface area contributed by atoms with E-state index in [1.54, 1.807) is 7.11 Å². The van der Waals surface area contributed by atoms with Crippen molar-refractivity contribution < 1.29 is 14.3 Å². The van der Waals surface area contributed by atoms with Crippen molar-refractivity contribution in [3.63, 3.8) is 0 Å². The summed E-state index contributed by atoms with van der Waals surface area (Å²) in [7, 11) is 1.67. The van der Waals surface area contributed by atoms with Gasteiger partial charge in [-0.05, 0) is 71.6 Å². The first kappa shape index (κ1) is 25.4. The lowest BCUT2D eigenvalue weighted by Gasteiger charge is -2.12. The molecule has 0 atom stereocenters. The van der Waals surface area contributed by atoms with Gasteiger partial charge in [-0.3, -0.25) is 4.79 Å². The molecule has 0 fully saturated rings. The normalized spacial score (nSPS) is 10.9. The molecule has 1 aromatic heterocycles. The molecule has 0 radical (unpaired) electrons. The van der Waals surface area contributed by atoms with Crippen molar-refractivity contribution in [1.82, 2.24) is 4.57 Å².